The minimum absolute atomic E-state index is 0.178. The lowest BCUT2D eigenvalue weighted by molar-refractivity contribution is 0.414. The molecule has 1 saturated carbocycles. The Balaban J connectivity index is 1.06. The van der Waals surface area contributed by atoms with Gasteiger partial charge in [0.05, 0.1) is 12.5 Å². The van der Waals surface area contributed by atoms with Crippen LogP contribution < -0.4 is 20.7 Å². The fourth-order valence-corrected chi connectivity index (χ4v) is 6.11. The smallest absolute Gasteiger partial charge is 0.146 e. The van der Waals surface area contributed by atoms with Crippen LogP contribution in [0.1, 0.15) is 42.9 Å². The maximum Gasteiger partial charge on any atom is 0.146 e. The normalized spacial score (nSPS) is 17.0. The van der Waals surface area contributed by atoms with Crippen molar-refractivity contribution in [1.82, 2.24) is 25.2 Å². The van der Waals surface area contributed by atoms with E-state index in [0.29, 0.717) is 18.5 Å². The summed E-state index contributed by atoms with van der Waals surface area (Å²) >= 11 is 3.78. The molecular formula is C31H38BrFN6O. The number of ether oxygens (including phenoxy) is 1. The number of benzene rings is 2. The summed E-state index contributed by atoms with van der Waals surface area (Å²) < 4.78 is 21.6. The minimum Gasteiger partial charge on any atom is -0.497 e. The first-order valence-corrected chi connectivity index (χ1v) is 14.9. The van der Waals surface area contributed by atoms with E-state index in [1.165, 1.54) is 18.6 Å². The van der Waals surface area contributed by atoms with Gasteiger partial charge in [-0.05, 0) is 116 Å². The first-order valence-electron chi connectivity index (χ1n) is 14.1. The van der Waals surface area contributed by atoms with E-state index in [0.717, 1.165) is 90.1 Å². The Bertz CT molecular complexity index is 1360. The topological polar surface area (TPSA) is 76.0 Å². The number of hydrogen-bond acceptors (Lipinski definition) is 6. The highest BCUT2D eigenvalue weighted by molar-refractivity contribution is 9.10. The molecule has 0 aliphatic heterocycles. The average Bonchev–Trinajstić information content (AvgIpc) is 3.59. The Labute approximate surface area is 244 Å². The van der Waals surface area contributed by atoms with Crippen LogP contribution in [0.15, 0.2) is 65.5 Å². The molecule has 2 aromatic heterocycles. The molecule has 1 aliphatic carbocycles. The molecule has 0 saturated heterocycles. The van der Waals surface area contributed by atoms with Gasteiger partial charge >= 0.3 is 0 Å². The summed E-state index contributed by atoms with van der Waals surface area (Å²) in [5.74, 6) is 2.18. The van der Waals surface area contributed by atoms with Gasteiger partial charge in [-0.15, -0.1) is 0 Å². The van der Waals surface area contributed by atoms with Crippen LogP contribution in [0.2, 0.25) is 0 Å². The van der Waals surface area contributed by atoms with Crippen molar-refractivity contribution in [1.29, 1.82) is 0 Å². The van der Waals surface area contributed by atoms with Crippen LogP contribution in [0.3, 0.4) is 0 Å². The third-order valence-corrected chi connectivity index (χ3v) is 8.33. The molecule has 7 nitrogen and oxygen atoms in total. The molecular weight excluding hydrogens is 571 g/mol. The average molecular weight is 610 g/mol. The van der Waals surface area contributed by atoms with Gasteiger partial charge in [0.2, 0.25) is 0 Å². The molecule has 1 fully saturated rings. The summed E-state index contributed by atoms with van der Waals surface area (Å²) in [4.78, 5) is 9.22. The zero-order valence-electron chi connectivity index (χ0n) is 23.0. The van der Waals surface area contributed by atoms with Crippen molar-refractivity contribution in [3.63, 3.8) is 0 Å². The predicted octanol–water partition coefficient (Wildman–Crippen LogP) is 6.11. The van der Waals surface area contributed by atoms with Crippen molar-refractivity contribution in [3.05, 3.63) is 82.5 Å². The molecule has 212 valence electrons. The molecule has 2 unspecified atom stereocenters. The second kappa shape index (κ2) is 14.1. The van der Waals surface area contributed by atoms with E-state index >= 15 is 0 Å². The molecule has 5 rings (SSSR count). The Kier molecular flexibility index (Phi) is 10.0. The van der Waals surface area contributed by atoms with Crippen molar-refractivity contribution in [2.24, 2.45) is 5.92 Å². The molecule has 2 aromatic carbocycles. The number of methoxy groups -OCH3 is 1. The number of nitrogens with zero attached hydrogens (tertiary/aromatic N) is 3. The molecule has 2 heterocycles. The Morgan fingerprint density at radius 1 is 0.975 bits per heavy atom. The minimum atomic E-state index is -0.178. The highest BCUT2D eigenvalue weighted by Crippen LogP contribution is 2.39. The van der Waals surface area contributed by atoms with Gasteiger partial charge in [-0.1, -0.05) is 24.3 Å². The number of aromatic nitrogens is 3. The summed E-state index contributed by atoms with van der Waals surface area (Å²) in [6.07, 6.45) is 9.38. The van der Waals surface area contributed by atoms with E-state index in [1.807, 2.05) is 24.3 Å². The van der Waals surface area contributed by atoms with Crippen LogP contribution in [0.4, 0.5) is 10.2 Å². The highest BCUT2D eigenvalue weighted by atomic mass is 79.9. The third-order valence-electron chi connectivity index (χ3n) is 7.73. The van der Waals surface area contributed by atoms with Crippen molar-refractivity contribution >= 4 is 32.8 Å². The van der Waals surface area contributed by atoms with Gasteiger partial charge in [0.1, 0.15) is 29.4 Å². The van der Waals surface area contributed by atoms with E-state index < -0.39 is 0 Å². The van der Waals surface area contributed by atoms with E-state index in [9.17, 15) is 4.39 Å². The Morgan fingerprint density at radius 2 is 1.75 bits per heavy atom. The Morgan fingerprint density at radius 3 is 2.55 bits per heavy atom. The van der Waals surface area contributed by atoms with Gasteiger partial charge in [-0.3, -0.25) is 0 Å². The van der Waals surface area contributed by atoms with Crippen LogP contribution in [0.25, 0.3) is 11.0 Å². The number of rotatable bonds is 14. The van der Waals surface area contributed by atoms with Crippen molar-refractivity contribution < 1.29 is 9.13 Å². The largest absolute Gasteiger partial charge is 0.497 e. The SMILES string of the molecule is COc1ccc(CNc2ncnc3c2c(Br)cn3C2CCC(CNCCCNCCc3ccc(F)cc3)C2)cc1. The van der Waals surface area contributed by atoms with Gasteiger partial charge in [0.25, 0.3) is 0 Å². The van der Waals surface area contributed by atoms with Crippen molar-refractivity contribution in [2.45, 2.75) is 44.7 Å². The second-order valence-electron chi connectivity index (χ2n) is 10.5. The monoisotopic (exact) mass is 608 g/mol. The molecule has 1 aliphatic rings. The molecule has 3 N–H and O–H groups in total. The summed E-state index contributed by atoms with van der Waals surface area (Å²) in [5.41, 5.74) is 3.30. The van der Waals surface area contributed by atoms with Crippen LogP contribution in [0.5, 0.6) is 5.75 Å². The molecule has 0 spiro atoms. The first kappa shape index (κ1) is 28.5. The standard InChI is InChI=1S/C31H38BrFN6O/c1-40-27-11-6-23(7-12-27)19-36-30-29-28(32)20-39(31(29)38-21-37-30)26-10-5-24(17-26)18-35-15-2-14-34-16-13-22-3-8-25(33)9-4-22/h3-4,6-9,11-12,20-21,24,26,34-35H,2,5,10,13-19H2,1H3,(H,36,37,38). The lowest BCUT2D eigenvalue weighted by Crippen LogP contribution is -2.26. The van der Waals surface area contributed by atoms with Gasteiger partial charge in [0, 0.05) is 23.3 Å². The van der Waals surface area contributed by atoms with E-state index in [4.69, 9.17) is 4.74 Å². The number of fused-ring (bicyclic) bond motifs is 1. The summed E-state index contributed by atoms with van der Waals surface area (Å²) in [6, 6.07) is 15.3. The quantitative estimate of drug-likeness (QED) is 0.150. The van der Waals surface area contributed by atoms with Gasteiger partial charge in [-0.25, -0.2) is 14.4 Å². The molecule has 40 heavy (non-hydrogen) atoms. The maximum atomic E-state index is 13.0. The lowest BCUT2D eigenvalue weighted by Gasteiger charge is -2.15. The fraction of sp³-hybridized carbons (Fsp3) is 0.419. The summed E-state index contributed by atoms with van der Waals surface area (Å²) in [6.45, 7) is 4.64. The molecule has 9 heteroatoms. The lowest BCUT2D eigenvalue weighted by atomic mass is 10.1. The number of nitrogens with one attached hydrogen (secondary N) is 3. The summed E-state index contributed by atoms with van der Waals surface area (Å²) in [7, 11) is 1.68. The van der Waals surface area contributed by atoms with Crippen LogP contribution in [0, 0.1) is 11.7 Å². The highest BCUT2D eigenvalue weighted by Gasteiger charge is 2.28. The number of anilines is 1. The third kappa shape index (κ3) is 7.38. The second-order valence-corrected chi connectivity index (χ2v) is 11.4. The van der Waals surface area contributed by atoms with E-state index in [-0.39, 0.29) is 5.82 Å². The maximum absolute atomic E-state index is 13.0. The molecule has 0 bridgehead atoms. The number of hydrogen-bond donors (Lipinski definition) is 3. The zero-order chi connectivity index (χ0) is 27.7. The van der Waals surface area contributed by atoms with E-state index in [2.05, 4.69) is 64.7 Å². The van der Waals surface area contributed by atoms with Gasteiger partial charge in [-0.2, -0.15) is 0 Å². The van der Waals surface area contributed by atoms with Crippen LogP contribution in [-0.4, -0.2) is 47.8 Å². The number of halogens is 2. The fourth-order valence-electron chi connectivity index (χ4n) is 5.52. The van der Waals surface area contributed by atoms with Gasteiger partial charge in [0.15, 0.2) is 0 Å². The molecule has 0 amide bonds. The predicted molar refractivity (Wildman–Crippen MR) is 162 cm³/mol. The first-order chi connectivity index (χ1) is 19.6. The van der Waals surface area contributed by atoms with Crippen molar-refractivity contribution in [2.75, 3.05) is 38.6 Å². The zero-order valence-corrected chi connectivity index (χ0v) is 24.6. The van der Waals surface area contributed by atoms with Crippen molar-refractivity contribution in [3.8, 4) is 5.75 Å². The molecule has 2 atom stereocenters. The molecule has 4 aromatic rings. The van der Waals surface area contributed by atoms with Gasteiger partial charge < -0.3 is 25.3 Å². The van der Waals surface area contributed by atoms with E-state index in [1.54, 1.807) is 13.4 Å². The summed E-state index contributed by atoms with van der Waals surface area (Å²) in [5, 5.41) is 11.7. The van der Waals surface area contributed by atoms with Crippen LogP contribution in [-0.2, 0) is 13.0 Å². The van der Waals surface area contributed by atoms with Crippen LogP contribution >= 0.6 is 15.9 Å². The molecule has 0 radical (unpaired) electrons. The Hall–Kier alpha value is -3.01.